The molecule has 4 nitrogen and oxygen atoms in total. The van der Waals surface area contributed by atoms with E-state index in [9.17, 15) is 18.7 Å². The van der Waals surface area contributed by atoms with Crippen LogP contribution in [0, 0.1) is 0 Å². The molecule has 2 N–H and O–H groups in total. The second kappa shape index (κ2) is 2.88. The van der Waals surface area contributed by atoms with Gasteiger partial charge in [0.15, 0.2) is 5.60 Å². The van der Waals surface area contributed by atoms with Crippen molar-refractivity contribution in [1.29, 1.82) is 0 Å². The van der Waals surface area contributed by atoms with Crippen LogP contribution in [0.2, 0.25) is 0 Å². The third kappa shape index (κ3) is 1.51. The Hall–Kier alpha value is -0.750. The molecule has 13 heavy (non-hydrogen) atoms. The molecule has 76 valence electrons. The first-order valence-corrected chi connectivity index (χ1v) is 3.82. The van der Waals surface area contributed by atoms with Crippen LogP contribution in [0.3, 0.4) is 0 Å². The summed E-state index contributed by atoms with van der Waals surface area (Å²) in [6.07, 6.45) is -0.219. The lowest BCUT2D eigenvalue weighted by Crippen LogP contribution is -2.54. The molecular weight excluding hydrogens is 184 g/mol. The Morgan fingerprint density at radius 3 is 2.46 bits per heavy atom. The lowest BCUT2D eigenvalue weighted by atomic mass is 9.95. The SMILES string of the molecule is CN1CCC(O)(C(F)(F)C(=O)O)C1. The van der Waals surface area contributed by atoms with Crippen molar-refractivity contribution in [2.24, 2.45) is 0 Å². The van der Waals surface area contributed by atoms with Gasteiger partial charge in [-0.05, 0) is 13.5 Å². The number of hydrogen-bond acceptors (Lipinski definition) is 3. The van der Waals surface area contributed by atoms with E-state index in [2.05, 4.69) is 0 Å². The highest BCUT2D eigenvalue weighted by atomic mass is 19.3. The van der Waals surface area contributed by atoms with Crippen molar-refractivity contribution in [2.75, 3.05) is 20.1 Å². The van der Waals surface area contributed by atoms with Crippen LogP contribution >= 0.6 is 0 Å². The van der Waals surface area contributed by atoms with E-state index in [0.717, 1.165) is 0 Å². The number of rotatable bonds is 2. The number of β-amino-alcohol motifs (C(OH)–C–C–N with tert-alkyl or cyclic N) is 1. The molecule has 1 fully saturated rings. The van der Waals surface area contributed by atoms with E-state index in [-0.39, 0.29) is 19.5 Å². The number of carboxylic acid groups (broad SMARTS) is 1. The maximum absolute atomic E-state index is 12.9. The molecule has 1 saturated heterocycles. The van der Waals surface area contributed by atoms with Crippen molar-refractivity contribution in [3.63, 3.8) is 0 Å². The monoisotopic (exact) mass is 195 g/mol. The first kappa shape index (κ1) is 10.3. The molecule has 1 rings (SSSR count). The topological polar surface area (TPSA) is 60.8 Å². The summed E-state index contributed by atoms with van der Waals surface area (Å²) in [5.41, 5.74) is -2.42. The Bertz CT molecular complexity index is 234. The van der Waals surface area contributed by atoms with Gasteiger partial charge >= 0.3 is 11.9 Å². The molecule has 1 unspecified atom stereocenters. The summed E-state index contributed by atoms with van der Waals surface area (Å²) in [5, 5.41) is 17.6. The van der Waals surface area contributed by atoms with Gasteiger partial charge in [-0.3, -0.25) is 0 Å². The standard InChI is InChI=1S/C7H11F2NO3/c1-10-3-2-6(13,4-10)7(8,9)5(11)12/h13H,2-4H2,1H3,(H,11,12). The number of carbonyl (C=O) groups is 1. The van der Waals surface area contributed by atoms with Gasteiger partial charge in [0.05, 0.1) is 0 Å². The van der Waals surface area contributed by atoms with Crippen LogP contribution < -0.4 is 0 Å². The molecule has 6 heteroatoms. The molecule has 0 aliphatic carbocycles. The zero-order chi connectivity index (χ0) is 10.3. The van der Waals surface area contributed by atoms with Crippen LogP contribution in [0.15, 0.2) is 0 Å². The highest BCUT2D eigenvalue weighted by Crippen LogP contribution is 2.36. The predicted molar refractivity (Wildman–Crippen MR) is 39.6 cm³/mol. The molecule has 0 aromatic carbocycles. The Labute approximate surface area is 73.8 Å². The summed E-state index contributed by atoms with van der Waals surface area (Å²) in [7, 11) is 1.55. The minimum atomic E-state index is -4.07. The zero-order valence-electron chi connectivity index (χ0n) is 7.13. The van der Waals surface area contributed by atoms with Crippen molar-refractivity contribution in [3.8, 4) is 0 Å². The average Bonchev–Trinajstić information content (AvgIpc) is 2.32. The van der Waals surface area contributed by atoms with Crippen LogP contribution in [0.5, 0.6) is 0 Å². The fourth-order valence-electron chi connectivity index (χ4n) is 1.44. The fourth-order valence-corrected chi connectivity index (χ4v) is 1.44. The minimum Gasteiger partial charge on any atom is -0.477 e. The molecule has 0 aromatic heterocycles. The van der Waals surface area contributed by atoms with E-state index in [1.807, 2.05) is 0 Å². The van der Waals surface area contributed by atoms with Gasteiger partial charge in [-0.1, -0.05) is 0 Å². The van der Waals surface area contributed by atoms with E-state index < -0.39 is 17.5 Å². The molecule has 1 aliphatic heterocycles. The summed E-state index contributed by atoms with van der Waals surface area (Å²) in [5.74, 6) is -6.34. The van der Waals surface area contributed by atoms with Gasteiger partial charge in [0.1, 0.15) is 0 Å². The second-order valence-electron chi connectivity index (χ2n) is 3.40. The molecule has 0 radical (unpaired) electrons. The number of likely N-dealkylation sites (tertiary alicyclic amines) is 1. The molecule has 1 aliphatic rings. The Morgan fingerprint density at radius 1 is 1.62 bits per heavy atom. The van der Waals surface area contributed by atoms with Gasteiger partial charge < -0.3 is 15.1 Å². The summed E-state index contributed by atoms with van der Waals surface area (Å²) < 4.78 is 25.9. The quantitative estimate of drug-likeness (QED) is 0.639. The third-order valence-electron chi connectivity index (χ3n) is 2.29. The summed E-state index contributed by atoms with van der Waals surface area (Å²) in [4.78, 5) is 11.7. The van der Waals surface area contributed by atoms with Crippen molar-refractivity contribution in [1.82, 2.24) is 4.90 Å². The molecule has 0 saturated carbocycles. The number of halogens is 2. The molecule has 0 spiro atoms. The average molecular weight is 195 g/mol. The van der Waals surface area contributed by atoms with Crippen LogP contribution in [0.4, 0.5) is 8.78 Å². The van der Waals surface area contributed by atoms with Gasteiger partial charge in [0.2, 0.25) is 0 Å². The van der Waals surface area contributed by atoms with Gasteiger partial charge in [-0.2, -0.15) is 8.78 Å². The molecule has 0 amide bonds. The summed E-state index contributed by atoms with van der Waals surface area (Å²) >= 11 is 0. The third-order valence-corrected chi connectivity index (χ3v) is 2.29. The smallest absolute Gasteiger partial charge is 0.377 e. The van der Waals surface area contributed by atoms with Gasteiger partial charge in [0, 0.05) is 13.1 Å². The first-order valence-electron chi connectivity index (χ1n) is 3.82. The second-order valence-corrected chi connectivity index (χ2v) is 3.40. The lowest BCUT2D eigenvalue weighted by molar-refractivity contribution is -0.204. The molecule has 1 heterocycles. The molecule has 0 aromatic rings. The van der Waals surface area contributed by atoms with Crippen molar-refractivity contribution >= 4 is 5.97 Å². The number of carboxylic acids is 1. The highest BCUT2D eigenvalue weighted by Gasteiger charge is 2.60. The van der Waals surface area contributed by atoms with Crippen molar-refractivity contribution < 1.29 is 23.8 Å². The van der Waals surface area contributed by atoms with Crippen LogP contribution in [-0.4, -0.2) is 52.7 Å². The maximum atomic E-state index is 12.9. The normalized spacial score (nSPS) is 30.8. The van der Waals surface area contributed by atoms with Crippen LogP contribution in [-0.2, 0) is 4.79 Å². The molecular formula is C7H11F2NO3. The van der Waals surface area contributed by atoms with E-state index in [4.69, 9.17) is 5.11 Å². The first-order chi connectivity index (χ1) is 5.79. The Kier molecular flexibility index (Phi) is 2.29. The fraction of sp³-hybridized carbons (Fsp3) is 0.857. The highest BCUT2D eigenvalue weighted by molar-refractivity contribution is 5.77. The molecule has 1 atom stereocenters. The summed E-state index contributed by atoms with van der Waals surface area (Å²) in [6, 6.07) is 0. The van der Waals surface area contributed by atoms with Gasteiger partial charge in [0.25, 0.3) is 0 Å². The largest absolute Gasteiger partial charge is 0.477 e. The van der Waals surface area contributed by atoms with Crippen molar-refractivity contribution in [3.05, 3.63) is 0 Å². The van der Waals surface area contributed by atoms with Gasteiger partial charge in [-0.15, -0.1) is 0 Å². The zero-order valence-corrected chi connectivity index (χ0v) is 7.13. The van der Waals surface area contributed by atoms with Crippen molar-refractivity contribution in [2.45, 2.75) is 17.9 Å². The van der Waals surface area contributed by atoms with Crippen LogP contribution in [0.25, 0.3) is 0 Å². The number of alkyl halides is 2. The van der Waals surface area contributed by atoms with E-state index in [1.54, 1.807) is 7.05 Å². The summed E-state index contributed by atoms with van der Waals surface area (Å²) in [6.45, 7) is -0.0360. The maximum Gasteiger partial charge on any atom is 0.377 e. The number of likely N-dealkylation sites (N-methyl/N-ethyl adjacent to an activating group) is 1. The van der Waals surface area contributed by atoms with E-state index in [0.29, 0.717) is 0 Å². The number of nitrogens with zero attached hydrogens (tertiary/aromatic N) is 1. The number of aliphatic carboxylic acids is 1. The Balaban J connectivity index is 2.86. The minimum absolute atomic E-state index is 0.219. The lowest BCUT2D eigenvalue weighted by Gasteiger charge is -2.28. The number of hydrogen-bond donors (Lipinski definition) is 2. The van der Waals surface area contributed by atoms with E-state index >= 15 is 0 Å². The molecule has 0 bridgehead atoms. The predicted octanol–water partition coefficient (Wildman–Crippen LogP) is -0.227. The number of aliphatic hydroxyl groups is 1. The van der Waals surface area contributed by atoms with Crippen LogP contribution in [0.1, 0.15) is 6.42 Å². The Morgan fingerprint density at radius 2 is 2.15 bits per heavy atom. The van der Waals surface area contributed by atoms with Gasteiger partial charge in [-0.25, -0.2) is 4.79 Å². The van der Waals surface area contributed by atoms with E-state index in [1.165, 1.54) is 4.90 Å².